The van der Waals surface area contributed by atoms with Crippen LogP contribution in [-0.4, -0.2) is 50.5 Å². The first-order chi connectivity index (χ1) is 14.5. The number of piperazine rings is 1. The highest BCUT2D eigenvalue weighted by molar-refractivity contribution is 5.95. The summed E-state index contributed by atoms with van der Waals surface area (Å²) in [5.74, 6) is 0.159. The summed E-state index contributed by atoms with van der Waals surface area (Å²) in [7, 11) is 1.72. The number of amides is 1. The summed E-state index contributed by atoms with van der Waals surface area (Å²) in [6.45, 7) is 1.16. The van der Waals surface area contributed by atoms with Crippen LogP contribution in [0, 0.1) is 5.82 Å². The lowest BCUT2D eigenvalue weighted by Gasteiger charge is -2.35. The Morgan fingerprint density at radius 2 is 1.80 bits per heavy atom. The van der Waals surface area contributed by atoms with Crippen LogP contribution in [-0.2, 0) is 7.05 Å². The highest BCUT2D eigenvalue weighted by Crippen LogP contribution is 2.34. The van der Waals surface area contributed by atoms with Gasteiger partial charge in [0.2, 0.25) is 5.95 Å². The number of aromatic nitrogens is 3. The molecule has 8 heteroatoms. The van der Waals surface area contributed by atoms with E-state index in [4.69, 9.17) is 4.98 Å². The third-order valence-corrected chi connectivity index (χ3v) is 5.94. The Bertz CT molecular complexity index is 1160. The lowest BCUT2D eigenvalue weighted by atomic mass is 10.1. The smallest absolute Gasteiger partial charge is 0.255 e. The van der Waals surface area contributed by atoms with Crippen molar-refractivity contribution in [1.29, 1.82) is 0 Å². The molecule has 2 saturated heterocycles. The molecule has 5 rings (SSSR count). The van der Waals surface area contributed by atoms with Gasteiger partial charge in [-0.25, -0.2) is 9.37 Å². The predicted molar refractivity (Wildman–Crippen MR) is 110 cm³/mol. The van der Waals surface area contributed by atoms with Crippen molar-refractivity contribution in [2.45, 2.75) is 18.5 Å². The number of carbonyl (C=O) groups is 1. The molecule has 1 amide bonds. The van der Waals surface area contributed by atoms with Gasteiger partial charge in [0, 0.05) is 49.7 Å². The molecular weight excluding hydrogens is 385 g/mol. The molecule has 2 aliphatic rings. The van der Waals surface area contributed by atoms with Crippen LogP contribution in [0.25, 0.3) is 11.3 Å². The van der Waals surface area contributed by atoms with Gasteiger partial charge in [0.25, 0.3) is 11.5 Å². The molecule has 30 heavy (non-hydrogen) atoms. The number of pyridine rings is 1. The van der Waals surface area contributed by atoms with Crippen molar-refractivity contribution in [2.75, 3.05) is 18.0 Å². The Labute approximate surface area is 172 Å². The summed E-state index contributed by atoms with van der Waals surface area (Å²) < 4.78 is 14.7. The summed E-state index contributed by atoms with van der Waals surface area (Å²) in [5.41, 5.74) is 1.80. The van der Waals surface area contributed by atoms with Crippen LogP contribution in [0.15, 0.2) is 59.7 Å². The first-order valence-corrected chi connectivity index (χ1v) is 9.83. The molecule has 2 fully saturated rings. The fraction of sp³-hybridized carbons (Fsp3) is 0.273. The minimum Gasteiger partial charge on any atom is -0.335 e. The molecule has 0 spiro atoms. The van der Waals surface area contributed by atoms with Gasteiger partial charge in [-0.05, 0) is 42.8 Å². The van der Waals surface area contributed by atoms with Gasteiger partial charge in [0.1, 0.15) is 5.82 Å². The number of likely N-dealkylation sites (tertiary alicyclic amines) is 1. The predicted octanol–water partition coefficient (Wildman–Crippen LogP) is 2.08. The number of fused-ring (bicyclic) bond motifs is 2. The number of halogens is 1. The monoisotopic (exact) mass is 405 g/mol. The van der Waals surface area contributed by atoms with Crippen LogP contribution in [0.2, 0.25) is 0 Å². The van der Waals surface area contributed by atoms with Crippen molar-refractivity contribution in [3.8, 4) is 11.3 Å². The number of anilines is 1. The molecule has 2 aromatic heterocycles. The van der Waals surface area contributed by atoms with Crippen molar-refractivity contribution in [3.05, 3.63) is 76.6 Å². The van der Waals surface area contributed by atoms with Gasteiger partial charge in [0.05, 0.1) is 17.8 Å². The van der Waals surface area contributed by atoms with E-state index in [1.54, 1.807) is 24.0 Å². The van der Waals surface area contributed by atoms with E-state index >= 15 is 0 Å². The number of hydrogen-bond donors (Lipinski definition) is 0. The van der Waals surface area contributed by atoms with Crippen molar-refractivity contribution >= 4 is 11.9 Å². The molecular formula is C22H20FN5O2. The standard InChI is InChI=1S/C22H20FN5O2/c1-26-20(29)11-19(14-6-8-24-9-7-14)25-22(26)28-13-17-10-18(28)12-27(17)21(30)15-2-4-16(23)5-3-15/h2-9,11,17-18H,10,12-13H2,1H3. The largest absolute Gasteiger partial charge is 0.335 e. The van der Waals surface area contributed by atoms with E-state index in [9.17, 15) is 14.0 Å². The van der Waals surface area contributed by atoms with E-state index in [0.717, 1.165) is 12.0 Å². The molecule has 152 valence electrons. The number of carbonyl (C=O) groups excluding carboxylic acids is 1. The molecule has 7 nitrogen and oxygen atoms in total. The lowest BCUT2D eigenvalue weighted by molar-refractivity contribution is 0.0725. The van der Waals surface area contributed by atoms with Gasteiger partial charge < -0.3 is 9.80 Å². The summed E-state index contributed by atoms with van der Waals surface area (Å²) in [6.07, 6.45) is 4.16. The van der Waals surface area contributed by atoms with Crippen LogP contribution in [0.5, 0.6) is 0 Å². The fourth-order valence-corrected chi connectivity index (χ4v) is 4.37. The average molecular weight is 405 g/mol. The highest BCUT2D eigenvalue weighted by Gasteiger charge is 2.46. The second-order valence-corrected chi connectivity index (χ2v) is 7.73. The second kappa shape index (κ2) is 7.05. The van der Waals surface area contributed by atoms with E-state index in [0.29, 0.717) is 30.3 Å². The van der Waals surface area contributed by atoms with E-state index in [1.165, 1.54) is 30.3 Å². The second-order valence-electron chi connectivity index (χ2n) is 7.73. The molecule has 4 heterocycles. The van der Waals surface area contributed by atoms with E-state index < -0.39 is 0 Å². The maximum Gasteiger partial charge on any atom is 0.255 e. The molecule has 3 aromatic rings. The van der Waals surface area contributed by atoms with Gasteiger partial charge in [-0.3, -0.25) is 19.1 Å². The van der Waals surface area contributed by atoms with Crippen LogP contribution in [0.1, 0.15) is 16.8 Å². The van der Waals surface area contributed by atoms with Gasteiger partial charge in [0.15, 0.2) is 0 Å². The number of nitrogens with zero attached hydrogens (tertiary/aromatic N) is 5. The highest BCUT2D eigenvalue weighted by atomic mass is 19.1. The number of hydrogen-bond acceptors (Lipinski definition) is 5. The van der Waals surface area contributed by atoms with Crippen LogP contribution in [0.4, 0.5) is 10.3 Å². The Kier molecular flexibility index (Phi) is 4.34. The summed E-state index contributed by atoms with van der Waals surface area (Å²) in [5, 5.41) is 0. The van der Waals surface area contributed by atoms with Crippen LogP contribution >= 0.6 is 0 Å². The maximum atomic E-state index is 13.2. The topological polar surface area (TPSA) is 71.3 Å². The maximum absolute atomic E-state index is 13.2. The SMILES string of the molecule is Cn1c(N2CC3CC2CN3C(=O)c2ccc(F)cc2)nc(-c2ccncc2)cc1=O. The Morgan fingerprint density at radius 1 is 1.07 bits per heavy atom. The normalized spacial score (nSPS) is 20.1. The Balaban J connectivity index is 1.41. The number of benzene rings is 1. The van der Waals surface area contributed by atoms with E-state index in [-0.39, 0.29) is 29.4 Å². The minimum absolute atomic E-state index is 0.0361. The molecule has 0 saturated carbocycles. The van der Waals surface area contributed by atoms with Crippen LogP contribution in [0.3, 0.4) is 0 Å². The third-order valence-electron chi connectivity index (χ3n) is 5.94. The zero-order valence-electron chi connectivity index (χ0n) is 16.4. The molecule has 2 aliphatic heterocycles. The first kappa shape index (κ1) is 18.5. The van der Waals surface area contributed by atoms with Crippen LogP contribution < -0.4 is 10.5 Å². The molecule has 1 aromatic carbocycles. The molecule has 0 radical (unpaired) electrons. The van der Waals surface area contributed by atoms with Gasteiger partial charge >= 0.3 is 0 Å². The van der Waals surface area contributed by atoms with E-state index in [2.05, 4.69) is 9.88 Å². The third kappa shape index (κ3) is 3.04. The van der Waals surface area contributed by atoms with Gasteiger partial charge in [-0.2, -0.15) is 0 Å². The zero-order chi connectivity index (χ0) is 20.8. The average Bonchev–Trinajstić information content (AvgIpc) is 3.37. The Morgan fingerprint density at radius 3 is 2.47 bits per heavy atom. The molecule has 2 bridgehead atoms. The summed E-state index contributed by atoms with van der Waals surface area (Å²) in [6, 6.07) is 10.9. The van der Waals surface area contributed by atoms with Gasteiger partial charge in [-0.15, -0.1) is 0 Å². The van der Waals surface area contributed by atoms with E-state index in [1.807, 2.05) is 17.0 Å². The van der Waals surface area contributed by atoms with Crippen molar-refractivity contribution in [1.82, 2.24) is 19.4 Å². The molecule has 0 aliphatic carbocycles. The van der Waals surface area contributed by atoms with Crippen molar-refractivity contribution < 1.29 is 9.18 Å². The molecule has 2 atom stereocenters. The lowest BCUT2D eigenvalue weighted by Crippen LogP contribution is -2.50. The minimum atomic E-state index is -0.360. The number of rotatable bonds is 3. The zero-order valence-corrected chi connectivity index (χ0v) is 16.4. The summed E-state index contributed by atoms with van der Waals surface area (Å²) in [4.78, 5) is 38.2. The van der Waals surface area contributed by atoms with Crippen molar-refractivity contribution in [3.63, 3.8) is 0 Å². The molecule has 2 unspecified atom stereocenters. The first-order valence-electron chi connectivity index (χ1n) is 9.83. The summed E-state index contributed by atoms with van der Waals surface area (Å²) >= 11 is 0. The fourth-order valence-electron chi connectivity index (χ4n) is 4.37. The molecule has 0 N–H and O–H groups in total. The van der Waals surface area contributed by atoms with Gasteiger partial charge in [-0.1, -0.05) is 0 Å². The Hall–Kier alpha value is -3.55. The van der Waals surface area contributed by atoms with Crippen molar-refractivity contribution in [2.24, 2.45) is 7.05 Å². The quantitative estimate of drug-likeness (QED) is 0.667.